The summed E-state index contributed by atoms with van der Waals surface area (Å²) >= 11 is 0. The van der Waals surface area contributed by atoms with Crippen molar-refractivity contribution in [3.63, 3.8) is 0 Å². The van der Waals surface area contributed by atoms with Crippen LogP contribution >= 0.6 is 0 Å². The van der Waals surface area contributed by atoms with Gasteiger partial charge in [-0.1, -0.05) is 36.4 Å². The molecule has 1 heteroatoms. The van der Waals surface area contributed by atoms with Crippen LogP contribution in [-0.4, -0.2) is 0 Å². The van der Waals surface area contributed by atoms with E-state index in [4.69, 9.17) is 4.74 Å². The van der Waals surface area contributed by atoms with Crippen LogP contribution in [0.4, 0.5) is 0 Å². The van der Waals surface area contributed by atoms with Gasteiger partial charge in [-0.3, -0.25) is 0 Å². The van der Waals surface area contributed by atoms with Crippen LogP contribution in [0.25, 0.3) is 0 Å². The fourth-order valence-electron chi connectivity index (χ4n) is 2.37. The van der Waals surface area contributed by atoms with Gasteiger partial charge in [-0.05, 0) is 24.0 Å². The normalized spacial score (nSPS) is 30.3. The van der Waals surface area contributed by atoms with Crippen molar-refractivity contribution in [1.82, 2.24) is 0 Å². The highest BCUT2D eigenvalue weighted by molar-refractivity contribution is 5.38. The van der Waals surface area contributed by atoms with Crippen LogP contribution in [0, 0.1) is 0 Å². The van der Waals surface area contributed by atoms with Gasteiger partial charge >= 0.3 is 0 Å². The molecule has 0 radical (unpaired) electrons. The molecule has 1 nitrogen and oxygen atoms in total. The number of hydrogen-bond donors (Lipinski definition) is 0. The van der Waals surface area contributed by atoms with Gasteiger partial charge in [-0.15, -0.1) is 0 Å². The molecule has 0 unspecified atom stereocenters. The first-order valence-electron chi connectivity index (χ1n) is 4.75. The van der Waals surface area contributed by atoms with Crippen LogP contribution in [0.15, 0.2) is 36.4 Å². The van der Waals surface area contributed by atoms with E-state index in [2.05, 4.69) is 30.8 Å². The van der Waals surface area contributed by atoms with E-state index in [1.807, 2.05) is 0 Å². The molecule has 13 heavy (non-hydrogen) atoms. The first-order chi connectivity index (χ1) is 6.34. The zero-order valence-corrected chi connectivity index (χ0v) is 7.49. The van der Waals surface area contributed by atoms with Crippen LogP contribution in [0.3, 0.4) is 0 Å². The van der Waals surface area contributed by atoms with Crippen molar-refractivity contribution in [2.75, 3.05) is 0 Å². The van der Waals surface area contributed by atoms with Gasteiger partial charge in [-0.2, -0.15) is 0 Å². The van der Waals surface area contributed by atoms with E-state index < -0.39 is 0 Å². The molecule has 66 valence electrons. The molecule has 2 aliphatic rings. The van der Waals surface area contributed by atoms with Gasteiger partial charge in [0.1, 0.15) is 0 Å². The van der Waals surface area contributed by atoms with Crippen molar-refractivity contribution in [2.45, 2.75) is 25.0 Å². The Hall–Kier alpha value is -1.08. The minimum atomic E-state index is 0.294. The molecular formula is C12H12O. The summed E-state index contributed by atoms with van der Waals surface area (Å²) in [5.74, 6) is 0. The number of hydrogen-bond acceptors (Lipinski definition) is 1. The zero-order valence-electron chi connectivity index (χ0n) is 7.49. The molecule has 0 aromatic heterocycles. The molecule has 0 saturated carbocycles. The Balaban J connectivity index is 2.14. The quantitative estimate of drug-likeness (QED) is 0.546. The lowest BCUT2D eigenvalue weighted by atomic mass is 10.0. The summed E-state index contributed by atoms with van der Waals surface area (Å²) in [5, 5.41) is 0. The largest absolute Gasteiger partial charge is 0.365 e. The van der Waals surface area contributed by atoms with E-state index in [0.717, 1.165) is 12.8 Å². The van der Waals surface area contributed by atoms with E-state index in [1.54, 1.807) is 0 Å². The Morgan fingerprint density at radius 3 is 2.15 bits per heavy atom. The van der Waals surface area contributed by atoms with Crippen LogP contribution in [-0.2, 0) is 4.74 Å². The minimum absolute atomic E-state index is 0.294. The Morgan fingerprint density at radius 1 is 1.08 bits per heavy atom. The number of benzene rings is 1. The van der Waals surface area contributed by atoms with Gasteiger partial charge in [0.15, 0.2) is 0 Å². The monoisotopic (exact) mass is 172 g/mol. The zero-order chi connectivity index (χ0) is 8.84. The summed E-state index contributed by atoms with van der Waals surface area (Å²) in [7, 11) is 0. The van der Waals surface area contributed by atoms with E-state index >= 15 is 0 Å². The van der Waals surface area contributed by atoms with Crippen LogP contribution in [0.5, 0.6) is 0 Å². The first-order valence-corrected chi connectivity index (χ1v) is 4.75. The molecule has 3 rings (SSSR count). The van der Waals surface area contributed by atoms with Crippen LogP contribution < -0.4 is 0 Å². The number of rotatable bonds is 0. The second kappa shape index (κ2) is 2.46. The highest BCUT2D eigenvalue weighted by atomic mass is 16.5. The predicted molar refractivity (Wildman–Crippen MR) is 51.4 cm³/mol. The van der Waals surface area contributed by atoms with Gasteiger partial charge in [-0.25, -0.2) is 0 Å². The lowest BCUT2D eigenvalue weighted by molar-refractivity contribution is -0.00812. The highest BCUT2D eigenvalue weighted by Crippen LogP contribution is 2.49. The second-order valence-electron chi connectivity index (χ2n) is 3.90. The molecule has 0 aliphatic carbocycles. The standard InChI is InChI=1S/C12H12O/c1-8-6-11-9-4-2-3-5-10(9)12(7-8)13-11/h2-5,11-12H,1,6-7H2/t11-,12+. The summed E-state index contributed by atoms with van der Waals surface area (Å²) in [6.07, 6.45) is 2.60. The smallest absolute Gasteiger partial charge is 0.0874 e. The Kier molecular flexibility index (Phi) is 1.39. The average molecular weight is 172 g/mol. The third-order valence-electron chi connectivity index (χ3n) is 2.97. The summed E-state index contributed by atoms with van der Waals surface area (Å²) in [5.41, 5.74) is 4.09. The molecule has 2 bridgehead atoms. The van der Waals surface area contributed by atoms with Gasteiger partial charge in [0.2, 0.25) is 0 Å². The van der Waals surface area contributed by atoms with Gasteiger partial charge in [0, 0.05) is 0 Å². The average Bonchev–Trinajstić information content (AvgIpc) is 2.41. The second-order valence-corrected chi connectivity index (χ2v) is 3.90. The lowest BCUT2D eigenvalue weighted by Crippen LogP contribution is -2.07. The molecular weight excluding hydrogens is 160 g/mol. The summed E-state index contributed by atoms with van der Waals surface area (Å²) in [6, 6.07) is 8.54. The predicted octanol–water partition coefficient (Wildman–Crippen LogP) is 3.15. The molecule has 0 amide bonds. The summed E-state index contributed by atoms with van der Waals surface area (Å²) in [6.45, 7) is 4.06. The van der Waals surface area contributed by atoms with Gasteiger partial charge in [0.05, 0.1) is 12.2 Å². The highest BCUT2D eigenvalue weighted by Gasteiger charge is 2.35. The fraction of sp³-hybridized carbons (Fsp3) is 0.333. The Morgan fingerprint density at radius 2 is 1.62 bits per heavy atom. The molecule has 0 N–H and O–H groups in total. The van der Waals surface area contributed by atoms with E-state index in [9.17, 15) is 0 Å². The van der Waals surface area contributed by atoms with Crippen molar-refractivity contribution in [2.24, 2.45) is 0 Å². The molecule has 2 heterocycles. The van der Waals surface area contributed by atoms with Crippen LogP contribution in [0.2, 0.25) is 0 Å². The maximum atomic E-state index is 5.88. The molecule has 1 aromatic rings. The summed E-state index contributed by atoms with van der Waals surface area (Å²) in [4.78, 5) is 0. The molecule has 0 spiro atoms. The first kappa shape index (κ1) is 7.34. The van der Waals surface area contributed by atoms with Gasteiger partial charge < -0.3 is 4.74 Å². The number of ether oxygens (including phenoxy) is 1. The summed E-state index contributed by atoms with van der Waals surface area (Å²) < 4.78 is 5.88. The molecule has 1 fully saturated rings. The molecule has 2 atom stereocenters. The minimum Gasteiger partial charge on any atom is -0.365 e. The van der Waals surface area contributed by atoms with E-state index in [-0.39, 0.29) is 0 Å². The fourth-order valence-corrected chi connectivity index (χ4v) is 2.37. The lowest BCUT2D eigenvalue weighted by Gasteiger charge is -2.22. The van der Waals surface area contributed by atoms with Crippen molar-refractivity contribution in [3.05, 3.63) is 47.5 Å². The maximum absolute atomic E-state index is 5.88. The Labute approximate surface area is 78.0 Å². The maximum Gasteiger partial charge on any atom is 0.0874 e. The topological polar surface area (TPSA) is 9.23 Å². The third-order valence-corrected chi connectivity index (χ3v) is 2.97. The van der Waals surface area contributed by atoms with Crippen molar-refractivity contribution >= 4 is 0 Å². The van der Waals surface area contributed by atoms with Crippen molar-refractivity contribution < 1.29 is 4.74 Å². The third kappa shape index (κ3) is 0.971. The SMILES string of the molecule is C=C1C[C@@H]2O[C@H](C1)c1ccccc12. The van der Waals surface area contributed by atoms with E-state index in [1.165, 1.54) is 16.7 Å². The van der Waals surface area contributed by atoms with Crippen LogP contribution in [0.1, 0.15) is 36.2 Å². The number of fused-ring (bicyclic) bond motifs is 5. The van der Waals surface area contributed by atoms with Crippen molar-refractivity contribution in [1.29, 1.82) is 0 Å². The molecule has 1 aromatic carbocycles. The van der Waals surface area contributed by atoms with Crippen molar-refractivity contribution in [3.8, 4) is 0 Å². The Bertz CT molecular complexity index is 334. The molecule has 1 saturated heterocycles. The van der Waals surface area contributed by atoms with E-state index in [0.29, 0.717) is 12.2 Å². The molecule has 2 aliphatic heterocycles. The van der Waals surface area contributed by atoms with Gasteiger partial charge in [0.25, 0.3) is 0 Å².